The molecule has 3 aromatic rings. The zero-order valence-corrected chi connectivity index (χ0v) is 11.3. The summed E-state index contributed by atoms with van der Waals surface area (Å²) in [4.78, 5) is 11.4. The maximum Gasteiger partial charge on any atom is 0.141 e. The van der Waals surface area contributed by atoms with E-state index in [4.69, 9.17) is 0 Å². The summed E-state index contributed by atoms with van der Waals surface area (Å²) < 4.78 is 13.2. The van der Waals surface area contributed by atoms with Crippen molar-refractivity contribution >= 4 is 16.7 Å². The smallest absolute Gasteiger partial charge is 0.141 e. The Hall–Kier alpha value is -2.43. The van der Waals surface area contributed by atoms with Crippen molar-refractivity contribution in [1.29, 1.82) is 0 Å². The van der Waals surface area contributed by atoms with Crippen LogP contribution in [-0.2, 0) is 0 Å². The number of benzene rings is 1. The van der Waals surface area contributed by atoms with E-state index in [1.807, 2.05) is 32.0 Å². The number of anilines is 1. The van der Waals surface area contributed by atoms with Gasteiger partial charge in [-0.25, -0.2) is 9.37 Å². The molecule has 1 unspecified atom stereocenters. The number of aryl methyl sites for hydroxylation is 1. The summed E-state index contributed by atoms with van der Waals surface area (Å²) in [6.45, 7) is 3.90. The van der Waals surface area contributed by atoms with Crippen LogP contribution in [0.25, 0.3) is 11.0 Å². The Morgan fingerprint density at radius 1 is 1.25 bits per heavy atom. The summed E-state index contributed by atoms with van der Waals surface area (Å²) in [6.07, 6.45) is 2.87. The number of aromatic amines is 1. The van der Waals surface area contributed by atoms with Crippen molar-refractivity contribution < 1.29 is 4.39 Å². The van der Waals surface area contributed by atoms with Crippen LogP contribution in [0.15, 0.2) is 36.7 Å². The van der Waals surface area contributed by atoms with Crippen molar-refractivity contribution in [2.24, 2.45) is 0 Å². The van der Waals surface area contributed by atoms with Crippen LogP contribution in [0.5, 0.6) is 0 Å². The molecule has 0 bridgehead atoms. The predicted molar refractivity (Wildman–Crippen MR) is 77.1 cm³/mol. The molecule has 0 aliphatic rings. The average molecular weight is 270 g/mol. The first-order valence-electron chi connectivity index (χ1n) is 6.45. The van der Waals surface area contributed by atoms with Gasteiger partial charge >= 0.3 is 0 Å². The largest absolute Gasteiger partial charge is 0.378 e. The number of hydrogen-bond acceptors (Lipinski definition) is 3. The maximum atomic E-state index is 13.2. The lowest BCUT2D eigenvalue weighted by molar-refractivity contribution is 0.616. The quantitative estimate of drug-likeness (QED) is 0.765. The van der Waals surface area contributed by atoms with Gasteiger partial charge in [-0.1, -0.05) is 0 Å². The SMILES string of the molecule is Cc1nc2ccc(NC(C)c3cncc(F)c3)cc2[nH]1. The maximum absolute atomic E-state index is 13.2. The molecule has 102 valence electrons. The molecular formula is C15H15FN4. The number of imidazole rings is 1. The van der Waals surface area contributed by atoms with Crippen LogP contribution in [0.4, 0.5) is 10.1 Å². The minimum Gasteiger partial charge on any atom is -0.378 e. The van der Waals surface area contributed by atoms with Gasteiger partial charge in [-0.15, -0.1) is 0 Å². The van der Waals surface area contributed by atoms with E-state index in [0.29, 0.717) is 0 Å². The lowest BCUT2D eigenvalue weighted by Crippen LogP contribution is -2.07. The summed E-state index contributed by atoms with van der Waals surface area (Å²) in [7, 11) is 0. The Morgan fingerprint density at radius 2 is 2.10 bits per heavy atom. The summed E-state index contributed by atoms with van der Waals surface area (Å²) >= 11 is 0. The fraction of sp³-hybridized carbons (Fsp3) is 0.200. The monoisotopic (exact) mass is 270 g/mol. The number of hydrogen-bond donors (Lipinski definition) is 2. The molecule has 0 fully saturated rings. The molecule has 1 atom stereocenters. The summed E-state index contributed by atoms with van der Waals surface area (Å²) in [5.74, 6) is 0.565. The second kappa shape index (κ2) is 4.92. The molecule has 3 rings (SSSR count). The van der Waals surface area contributed by atoms with Gasteiger partial charge in [-0.3, -0.25) is 4.98 Å². The molecule has 0 aliphatic carbocycles. The summed E-state index contributed by atoms with van der Waals surface area (Å²) in [6, 6.07) is 7.38. The Balaban J connectivity index is 1.85. The molecule has 0 amide bonds. The van der Waals surface area contributed by atoms with Crippen LogP contribution in [-0.4, -0.2) is 15.0 Å². The Kier molecular flexibility index (Phi) is 3.10. The van der Waals surface area contributed by atoms with E-state index in [1.165, 1.54) is 12.3 Å². The molecule has 2 heterocycles. The van der Waals surface area contributed by atoms with Gasteiger partial charge in [0.15, 0.2) is 0 Å². The van der Waals surface area contributed by atoms with Crippen molar-refractivity contribution in [2.75, 3.05) is 5.32 Å². The van der Waals surface area contributed by atoms with Gasteiger partial charge < -0.3 is 10.3 Å². The third-order valence-electron chi connectivity index (χ3n) is 3.21. The van der Waals surface area contributed by atoms with E-state index in [2.05, 4.69) is 20.3 Å². The van der Waals surface area contributed by atoms with Crippen molar-refractivity contribution in [1.82, 2.24) is 15.0 Å². The molecular weight excluding hydrogens is 255 g/mol. The molecule has 0 saturated heterocycles. The Morgan fingerprint density at radius 3 is 2.90 bits per heavy atom. The standard InChI is InChI=1S/C15H15FN4/c1-9(11-5-12(16)8-17-7-11)18-13-3-4-14-15(6-13)20-10(2)19-14/h3-9,18H,1-2H3,(H,19,20). The highest BCUT2D eigenvalue weighted by atomic mass is 19.1. The number of nitrogens with one attached hydrogen (secondary N) is 2. The molecule has 0 radical (unpaired) electrons. The Labute approximate surface area is 116 Å². The minimum atomic E-state index is -0.323. The minimum absolute atomic E-state index is 0.0281. The zero-order chi connectivity index (χ0) is 14.1. The van der Waals surface area contributed by atoms with Gasteiger partial charge in [0.05, 0.1) is 23.3 Å². The first-order valence-corrected chi connectivity index (χ1v) is 6.45. The van der Waals surface area contributed by atoms with Gasteiger partial charge in [0.25, 0.3) is 0 Å². The molecule has 20 heavy (non-hydrogen) atoms. The number of rotatable bonds is 3. The average Bonchev–Trinajstić information content (AvgIpc) is 2.78. The number of fused-ring (bicyclic) bond motifs is 1. The van der Waals surface area contributed by atoms with Crippen molar-refractivity contribution in [3.8, 4) is 0 Å². The van der Waals surface area contributed by atoms with Crippen molar-refractivity contribution in [2.45, 2.75) is 19.9 Å². The van der Waals surface area contributed by atoms with E-state index in [1.54, 1.807) is 6.20 Å². The fourth-order valence-electron chi connectivity index (χ4n) is 2.23. The van der Waals surface area contributed by atoms with Gasteiger partial charge in [-0.2, -0.15) is 0 Å². The lowest BCUT2D eigenvalue weighted by Gasteiger charge is -2.15. The van der Waals surface area contributed by atoms with Gasteiger partial charge in [0.2, 0.25) is 0 Å². The van der Waals surface area contributed by atoms with Gasteiger partial charge in [0, 0.05) is 11.9 Å². The second-order valence-electron chi connectivity index (χ2n) is 4.86. The highest BCUT2D eigenvalue weighted by Gasteiger charge is 2.08. The molecule has 0 saturated carbocycles. The van der Waals surface area contributed by atoms with E-state index in [0.717, 1.165) is 28.1 Å². The van der Waals surface area contributed by atoms with Gasteiger partial charge in [-0.05, 0) is 43.7 Å². The fourth-order valence-corrected chi connectivity index (χ4v) is 2.23. The normalized spacial score (nSPS) is 12.6. The van der Waals surface area contributed by atoms with Gasteiger partial charge in [0.1, 0.15) is 11.6 Å². The molecule has 0 spiro atoms. The first-order chi connectivity index (χ1) is 9.61. The highest BCUT2D eigenvalue weighted by Crippen LogP contribution is 2.22. The molecule has 1 aromatic carbocycles. The molecule has 2 aromatic heterocycles. The summed E-state index contributed by atoms with van der Waals surface area (Å²) in [5, 5.41) is 3.33. The molecule has 4 nitrogen and oxygen atoms in total. The summed E-state index contributed by atoms with van der Waals surface area (Å²) in [5.41, 5.74) is 3.69. The van der Waals surface area contributed by atoms with Crippen LogP contribution in [0.2, 0.25) is 0 Å². The second-order valence-corrected chi connectivity index (χ2v) is 4.86. The van der Waals surface area contributed by atoms with Crippen LogP contribution in [0.1, 0.15) is 24.4 Å². The lowest BCUT2D eigenvalue weighted by atomic mass is 10.1. The number of halogens is 1. The van der Waals surface area contributed by atoms with Crippen LogP contribution < -0.4 is 5.32 Å². The van der Waals surface area contributed by atoms with Crippen LogP contribution in [0, 0.1) is 12.7 Å². The van der Waals surface area contributed by atoms with E-state index in [9.17, 15) is 4.39 Å². The third-order valence-corrected chi connectivity index (χ3v) is 3.21. The number of H-pyrrole nitrogens is 1. The molecule has 2 N–H and O–H groups in total. The molecule has 0 aliphatic heterocycles. The predicted octanol–water partition coefficient (Wildman–Crippen LogP) is 3.58. The number of pyridine rings is 1. The van der Waals surface area contributed by atoms with Crippen molar-refractivity contribution in [3.63, 3.8) is 0 Å². The zero-order valence-electron chi connectivity index (χ0n) is 11.3. The topological polar surface area (TPSA) is 53.6 Å². The Bertz CT molecular complexity index is 750. The number of aromatic nitrogens is 3. The number of nitrogens with zero attached hydrogens (tertiary/aromatic N) is 2. The first kappa shape index (κ1) is 12.6. The van der Waals surface area contributed by atoms with E-state index >= 15 is 0 Å². The third kappa shape index (κ3) is 2.47. The molecule has 5 heteroatoms. The van der Waals surface area contributed by atoms with Crippen molar-refractivity contribution in [3.05, 3.63) is 53.9 Å². The van der Waals surface area contributed by atoms with E-state index in [-0.39, 0.29) is 11.9 Å². The van der Waals surface area contributed by atoms with Crippen LogP contribution >= 0.6 is 0 Å². The van der Waals surface area contributed by atoms with Crippen LogP contribution in [0.3, 0.4) is 0 Å². The highest BCUT2D eigenvalue weighted by molar-refractivity contribution is 5.79. The van der Waals surface area contributed by atoms with E-state index < -0.39 is 0 Å².